The second kappa shape index (κ2) is 5.90. The minimum absolute atomic E-state index is 0. The van der Waals surface area contributed by atoms with E-state index in [9.17, 15) is 29.0 Å². The quantitative estimate of drug-likeness (QED) is 0.544. The van der Waals surface area contributed by atoms with Crippen molar-refractivity contribution < 1.29 is 29.0 Å². The molecule has 2 rings (SSSR count). The molecule has 9 heteroatoms. The molecule has 0 radical (unpaired) electrons. The lowest BCUT2D eigenvalue weighted by Gasteiger charge is -2.39. The first-order valence-corrected chi connectivity index (χ1v) is 7.20. The van der Waals surface area contributed by atoms with Crippen LogP contribution in [0.5, 0.6) is 0 Å². The first-order chi connectivity index (χ1) is 10.0. The number of carboxylic acids is 2. The van der Waals surface area contributed by atoms with Gasteiger partial charge in [-0.3, -0.25) is 14.4 Å². The Morgan fingerprint density at radius 1 is 1.26 bits per heavy atom. The zero-order valence-corrected chi connectivity index (χ0v) is 13.7. The summed E-state index contributed by atoms with van der Waals surface area (Å²) in [6.07, 6.45) is -1.94. The van der Waals surface area contributed by atoms with Crippen molar-refractivity contribution in [3.8, 4) is 0 Å². The van der Waals surface area contributed by atoms with Crippen molar-refractivity contribution in [1.29, 1.82) is 0 Å². The van der Waals surface area contributed by atoms with Gasteiger partial charge in [0.15, 0.2) is 0 Å². The van der Waals surface area contributed by atoms with Crippen LogP contribution >= 0.6 is 12.4 Å². The molecular formula is C14H22ClFN2O5. The van der Waals surface area contributed by atoms with Crippen molar-refractivity contribution >= 4 is 30.3 Å². The SMILES string of the molecule is CC(C)C[C@@](N)(C(N)=O)[C@@]12C(C(=O)O)[C@@H](F)C[C@@H]1[C@@H]2C(=O)O.Cl. The number of rotatable bonds is 6. The number of alkyl halides is 1. The molecule has 23 heavy (non-hydrogen) atoms. The van der Waals surface area contributed by atoms with Crippen LogP contribution in [0, 0.1) is 29.1 Å². The highest BCUT2D eigenvalue weighted by atomic mass is 35.5. The first kappa shape index (κ1) is 19.6. The summed E-state index contributed by atoms with van der Waals surface area (Å²) in [6, 6.07) is 0. The average molecular weight is 353 g/mol. The molecule has 7 nitrogen and oxygen atoms in total. The number of halogens is 2. The first-order valence-electron chi connectivity index (χ1n) is 7.20. The van der Waals surface area contributed by atoms with Crippen LogP contribution in [0.2, 0.25) is 0 Å². The van der Waals surface area contributed by atoms with Gasteiger partial charge in [-0.15, -0.1) is 12.4 Å². The largest absolute Gasteiger partial charge is 0.481 e. The minimum atomic E-state index is -1.86. The van der Waals surface area contributed by atoms with Gasteiger partial charge in [0, 0.05) is 5.41 Å². The van der Waals surface area contributed by atoms with E-state index in [4.69, 9.17) is 11.5 Å². The van der Waals surface area contributed by atoms with Crippen molar-refractivity contribution in [2.75, 3.05) is 0 Å². The van der Waals surface area contributed by atoms with Crippen LogP contribution in [0.25, 0.3) is 0 Å². The molecule has 6 N–H and O–H groups in total. The Bertz CT molecular complexity index is 545. The normalized spacial score (nSPS) is 37.4. The Morgan fingerprint density at radius 3 is 2.09 bits per heavy atom. The molecule has 0 aliphatic heterocycles. The Balaban J connectivity index is 0.00000264. The smallest absolute Gasteiger partial charge is 0.310 e. The lowest BCUT2D eigenvalue weighted by molar-refractivity contribution is -0.152. The number of aliphatic carboxylic acids is 2. The summed E-state index contributed by atoms with van der Waals surface area (Å²) in [5.74, 6) is -7.41. The van der Waals surface area contributed by atoms with E-state index in [1.54, 1.807) is 13.8 Å². The van der Waals surface area contributed by atoms with E-state index in [0.29, 0.717) is 0 Å². The molecule has 2 saturated carbocycles. The van der Waals surface area contributed by atoms with E-state index in [1.807, 2.05) is 0 Å². The number of fused-ring (bicyclic) bond motifs is 1. The Hall–Kier alpha value is -1.41. The van der Waals surface area contributed by atoms with Gasteiger partial charge in [-0.25, -0.2) is 4.39 Å². The summed E-state index contributed by atoms with van der Waals surface area (Å²) in [4.78, 5) is 35.0. The van der Waals surface area contributed by atoms with Crippen molar-refractivity contribution in [2.24, 2.45) is 40.6 Å². The number of hydrogen-bond donors (Lipinski definition) is 4. The number of hydrogen-bond acceptors (Lipinski definition) is 4. The topological polar surface area (TPSA) is 144 Å². The third kappa shape index (κ3) is 2.39. The Kier molecular flexibility index (Phi) is 5.04. The van der Waals surface area contributed by atoms with E-state index in [2.05, 4.69) is 0 Å². The van der Waals surface area contributed by atoms with E-state index >= 15 is 0 Å². The highest BCUT2D eigenvalue weighted by molar-refractivity contribution is 5.92. The maximum atomic E-state index is 14.2. The number of nitrogens with two attached hydrogens (primary N) is 2. The number of carbonyl (C=O) groups is 3. The monoisotopic (exact) mass is 352 g/mol. The van der Waals surface area contributed by atoms with Crippen LogP contribution < -0.4 is 11.5 Å². The molecule has 0 aromatic rings. The van der Waals surface area contributed by atoms with Gasteiger partial charge in [-0.1, -0.05) is 13.8 Å². The predicted molar refractivity (Wildman–Crippen MR) is 80.5 cm³/mol. The molecule has 1 unspecified atom stereocenters. The van der Waals surface area contributed by atoms with E-state index in [1.165, 1.54) is 0 Å². The molecule has 1 amide bonds. The molecule has 0 bridgehead atoms. The maximum Gasteiger partial charge on any atom is 0.310 e. The summed E-state index contributed by atoms with van der Waals surface area (Å²) in [5, 5.41) is 18.8. The average Bonchev–Trinajstić information content (AvgIpc) is 2.87. The second-order valence-corrected chi connectivity index (χ2v) is 6.86. The minimum Gasteiger partial charge on any atom is -0.481 e. The summed E-state index contributed by atoms with van der Waals surface area (Å²) in [6.45, 7) is 3.51. The van der Waals surface area contributed by atoms with Gasteiger partial charge in [0.2, 0.25) is 5.91 Å². The van der Waals surface area contributed by atoms with Crippen molar-refractivity contribution in [3.05, 3.63) is 0 Å². The summed E-state index contributed by atoms with van der Waals surface area (Å²) in [7, 11) is 0. The number of carbonyl (C=O) groups excluding carboxylic acids is 1. The zero-order valence-electron chi connectivity index (χ0n) is 12.9. The number of amides is 1. The number of primary amides is 1. The number of carboxylic acid groups (broad SMARTS) is 2. The second-order valence-electron chi connectivity index (χ2n) is 6.86. The third-order valence-corrected chi connectivity index (χ3v) is 5.25. The van der Waals surface area contributed by atoms with Gasteiger partial charge < -0.3 is 21.7 Å². The van der Waals surface area contributed by atoms with Gasteiger partial charge in [0.1, 0.15) is 11.7 Å². The molecule has 0 spiro atoms. The van der Waals surface area contributed by atoms with Crippen LogP contribution in [0.15, 0.2) is 0 Å². The van der Waals surface area contributed by atoms with Crippen LogP contribution in [0.1, 0.15) is 26.7 Å². The maximum absolute atomic E-state index is 14.2. The molecule has 2 aliphatic carbocycles. The molecule has 2 fully saturated rings. The Labute approximate surface area is 139 Å². The van der Waals surface area contributed by atoms with Crippen molar-refractivity contribution in [3.63, 3.8) is 0 Å². The van der Waals surface area contributed by atoms with E-state index < -0.39 is 52.7 Å². The van der Waals surface area contributed by atoms with Gasteiger partial charge >= 0.3 is 11.9 Å². The molecule has 0 saturated heterocycles. The molecule has 0 aromatic heterocycles. The van der Waals surface area contributed by atoms with Crippen molar-refractivity contribution in [2.45, 2.75) is 38.4 Å². The third-order valence-electron chi connectivity index (χ3n) is 5.25. The lowest BCUT2D eigenvalue weighted by atomic mass is 9.67. The molecule has 6 atom stereocenters. The summed E-state index contributed by atoms with van der Waals surface area (Å²) in [5.41, 5.74) is 8.07. The van der Waals surface area contributed by atoms with Crippen molar-refractivity contribution in [1.82, 2.24) is 0 Å². The van der Waals surface area contributed by atoms with Crippen LogP contribution in [-0.2, 0) is 14.4 Å². The molecule has 0 aromatic carbocycles. The van der Waals surface area contributed by atoms with Crippen LogP contribution in [0.4, 0.5) is 4.39 Å². The zero-order chi connectivity index (χ0) is 17.0. The van der Waals surface area contributed by atoms with Gasteiger partial charge in [-0.2, -0.15) is 0 Å². The summed E-state index contributed by atoms with van der Waals surface area (Å²) < 4.78 is 14.2. The van der Waals surface area contributed by atoms with E-state index in [-0.39, 0.29) is 31.2 Å². The molecule has 2 aliphatic rings. The fourth-order valence-corrected chi connectivity index (χ4v) is 4.67. The fourth-order valence-electron chi connectivity index (χ4n) is 4.67. The Morgan fingerprint density at radius 2 is 1.74 bits per heavy atom. The lowest BCUT2D eigenvalue weighted by Crippen LogP contribution is -2.63. The molecule has 132 valence electrons. The predicted octanol–water partition coefficient (Wildman–Crippen LogP) is 0.397. The van der Waals surface area contributed by atoms with E-state index in [0.717, 1.165) is 0 Å². The standard InChI is InChI=1S/C14H21FN2O5.ClH/c1-5(2)4-13(17,12(16)22)14-6(8(14)10(18)19)3-7(15)9(14)11(20)21;/h5-9H,3-4,17H2,1-2H3,(H2,16,22)(H,18,19)(H,20,21);1H/t6-,7+,8-,9?,13-,14+;/m1./s1. The van der Waals surface area contributed by atoms with Crippen LogP contribution in [0.3, 0.4) is 0 Å². The fraction of sp³-hybridized carbons (Fsp3) is 0.786. The highest BCUT2D eigenvalue weighted by Crippen LogP contribution is 2.76. The van der Waals surface area contributed by atoms with Gasteiger partial charge in [0.05, 0.1) is 11.8 Å². The summed E-state index contributed by atoms with van der Waals surface area (Å²) >= 11 is 0. The highest BCUT2D eigenvalue weighted by Gasteiger charge is 2.86. The molecular weight excluding hydrogens is 331 g/mol. The van der Waals surface area contributed by atoms with Crippen LogP contribution in [-0.4, -0.2) is 39.8 Å². The molecule has 0 heterocycles. The van der Waals surface area contributed by atoms with Gasteiger partial charge in [0.25, 0.3) is 0 Å². The van der Waals surface area contributed by atoms with Gasteiger partial charge in [-0.05, 0) is 24.7 Å².